The largest absolute Gasteiger partial charge is 0.0891 e. The van der Waals surface area contributed by atoms with Gasteiger partial charge < -0.3 is 0 Å². The van der Waals surface area contributed by atoms with Crippen molar-refractivity contribution in [2.45, 2.75) is 32.1 Å². The molecule has 0 saturated heterocycles. The van der Waals surface area contributed by atoms with E-state index in [-0.39, 0.29) is 0 Å². The maximum atomic E-state index is 3.22. The minimum absolute atomic E-state index is 0.693. The lowest BCUT2D eigenvalue weighted by atomic mass is 10.1. The Hall–Kier alpha value is -0.800. The van der Waals surface area contributed by atoms with E-state index in [0.717, 1.165) is 25.7 Å². The molecule has 0 aliphatic heterocycles. The van der Waals surface area contributed by atoms with Crippen LogP contribution in [0.4, 0.5) is 0 Å². The molecular formula is C15H14Br2. The molecule has 0 aromatic heterocycles. The van der Waals surface area contributed by atoms with Crippen molar-refractivity contribution in [2.24, 2.45) is 0 Å². The van der Waals surface area contributed by atoms with E-state index in [2.05, 4.69) is 79.2 Å². The van der Waals surface area contributed by atoms with Crippen molar-refractivity contribution >= 4 is 31.9 Å². The average molecular weight is 354 g/mol. The molecule has 0 unspecified atom stereocenters. The van der Waals surface area contributed by atoms with E-state index in [1.54, 1.807) is 0 Å². The Morgan fingerprint density at radius 3 is 1.35 bits per heavy atom. The summed E-state index contributed by atoms with van der Waals surface area (Å²) in [6.07, 6.45) is 5.26. The SMILES string of the molecule is BrCC#CC#CCCCCCC#CC#CCBr. The van der Waals surface area contributed by atoms with Crippen LogP contribution in [0, 0.1) is 47.4 Å². The molecule has 0 rings (SSSR count). The standard InChI is InChI=1S/C15H14Br2/c16-14-12-10-8-6-4-2-1-3-5-7-9-11-13-15-17/h1-5,14-15H2. The molecule has 0 spiro atoms. The maximum absolute atomic E-state index is 3.22. The quantitative estimate of drug-likeness (QED) is 0.410. The third kappa shape index (κ3) is 15.2. The van der Waals surface area contributed by atoms with Crippen molar-refractivity contribution < 1.29 is 0 Å². The van der Waals surface area contributed by atoms with Gasteiger partial charge in [0.15, 0.2) is 0 Å². The predicted molar refractivity (Wildman–Crippen MR) is 81.8 cm³/mol. The molecule has 0 heterocycles. The predicted octanol–water partition coefficient (Wildman–Crippen LogP) is 3.74. The minimum atomic E-state index is 0.693. The summed E-state index contributed by atoms with van der Waals surface area (Å²) in [7, 11) is 0. The lowest BCUT2D eigenvalue weighted by Gasteiger charge is -1.91. The normalized spacial score (nSPS) is 7.18. The maximum Gasteiger partial charge on any atom is 0.0655 e. The molecule has 0 nitrogen and oxygen atoms in total. The molecular weight excluding hydrogens is 340 g/mol. The van der Waals surface area contributed by atoms with Crippen molar-refractivity contribution in [3.63, 3.8) is 0 Å². The first kappa shape index (κ1) is 16.2. The molecule has 0 N–H and O–H groups in total. The van der Waals surface area contributed by atoms with Crippen LogP contribution in [0.15, 0.2) is 0 Å². The second-order valence-corrected chi connectivity index (χ2v) is 4.16. The number of hydrogen-bond donors (Lipinski definition) is 0. The van der Waals surface area contributed by atoms with Crippen molar-refractivity contribution in [2.75, 3.05) is 10.7 Å². The molecule has 0 saturated carbocycles. The Morgan fingerprint density at radius 2 is 0.941 bits per heavy atom. The van der Waals surface area contributed by atoms with Gasteiger partial charge in [-0.05, 0) is 36.5 Å². The highest BCUT2D eigenvalue weighted by molar-refractivity contribution is 9.09. The highest BCUT2D eigenvalue weighted by Crippen LogP contribution is 2.00. The molecule has 88 valence electrons. The van der Waals surface area contributed by atoms with Crippen LogP contribution < -0.4 is 0 Å². The third-order valence-corrected chi connectivity index (χ3v) is 2.28. The second kappa shape index (κ2) is 15.2. The molecule has 0 aromatic carbocycles. The highest BCUT2D eigenvalue weighted by Gasteiger charge is 1.84. The molecule has 0 bridgehead atoms. The Balaban J connectivity index is 3.39. The van der Waals surface area contributed by atoms with Crippen LogP contribution in [0.25, 0.3) is 0 Å². The van der Waals surface area contributed by atoms with Gasteiger partial charge in [0.25, 0.3) is 0 Å². The van der Waals surface area contributed by atoms with E-state index < -0.39 is 0 Å². The van der Waals surface area contributed by atoms with Crippen molar-refractivity contribution in [3.05, 3.63) is 0 Å². The van der Waals surface area contributed by atoms with Crippen LogP contribution in [-0.2, 0) is 0 Å². The summed E-state index contributed by atoms with van der Waals surface area (Å²) >= 11 is 6.43. The fraction of sp³-hybridized carbons (Fsp3) is 0.467. The minimum Gasteiger partial charge on any atom is -0.0891 e. The van der Waals surface area contributed by atoms with E-state index in [4.69, 9.17) is 0 Å². The number of unbranched alkanes of at least 4 members (excludes halogenated alkanes) is 4. The van der Waals surface area contributed by atoms with E-state index in [1.807, 2.05) is 0 Å². The van der Waals surface area contributed by atoms with Gasteiger partial charge in [0, 0.05) is 12.8 Å². The van der Waals surface area contributed by atoms with Crippen molar-refractivity contribution in [1.29, 1.82) is 0 Å². The zero-order chi connectivity index (χ0) is 12.6. The summed E-state index contributed by atoms with van der Waals surface area (Å²) < 4.78 is 0. The van der Waals surface area contributed by atoms with Crippen LogP contribution in [0.3, 0.4) is 0 Å². The molecule has 0 amide bonds. The highest BCUT2D eigenvalue weighted by atomic mass is 79.9. The van der Waals surface area contributed by atoms with Gasteiger partial charge in [0.05, 0.1) is 10.7 Å². The first-order valence-corrected chi connectivity index (χ1v) is 7.69. The van der Waals surface area contributed by atoms with Gasteiger partial charge in [0.1, 0.15) is 0 Å². The van der Waals surface area contributed by atoms with Crippen LogP contribution in [0.2, 0.25) is 0 Å². The van der Waals surface area contributed by atoms with Gasteiger partial charge in [-0.2, -0.15) is 0 Å². The average Bonchev–Trinajstić information content (AvgIpc) is 2.35. The molecule has 0 aliphatic carbocycles. The summed E-state index contributed by atoms with van der Waals surface area (Å²) in [4.78, 5) is 0. The van der Waals surface area contributed by atoms with Gasteiger partial charge in [-0.25, -0.2) is 0 Å². The van der Waals surface area contributed by atoms with Gasteiger partial charge in [-0.1, -0.05) is 62.0 Å². The molecule has 0 fully saturated rings. The Labute approximate surface area is 122 Å². The lowest BCUT2D eigenvalue weighted by Crippen LogP contribution is -1.75. The second-order valence-electron chi connectivity index (χ2n) is 3.04. The van der Waals surface area contributed by atoms with E-state index in [1.165, 1.54) is 6.42 Å². The number of hydrogen-bond acceptors (Lipinski definition) is 0. The van der Waals surface area contributed by atoms with Crippen LogP contribution in [0.1, 0.15) is 32.1 Å². The Morgan fingerprint density at radius 1 is 0.529 bits per heavy atom. The van der Waals surface area contributed by atoms with Crippen LogP contribution >= 0.6 is 31.9 Å². The van der Waals surface area contributed by atoms with E-state index >= 15 is 0 Å². The molecule has 17 heavy (non-hydrogen) atoms. The molecule has 2 heteroatoms. The van der Waals surface area contributed by atoms with E-state index in [0.29, 0.717) is 10.7 Å². The summed E-state index contributed by atoms with van der Waals surface area (Å²) in [6.45, 7) is 0. The summed E-state index contributed by atoms with van der Waals surface area (Å²) in [5, 5.41) is 1.39. The Bertz CT molecular complexity index is 376. The van der Waals surface area contributed by atoms with Gasteiger partial charge >= 0.3 is 0 Å². The monoisotopic (exact) mass is 352 g/mol. The van der Waals surface area contributed by atoms with E-state index in [9.17, 15) is 0 Å². The smallest absolute Gasteiger partial charge is 0.0655 e. The summed E-state index contributed by atoms with van der Waals surface area (Å²) in [6, 6.07) is 0. The fourth-order valence-electron chi connectivity index (χ4n) is 0.972. The molecule has 0 aromatic rings. The molecule has 0 aliphatic rings. The first-order chi connectivity index (χ1) is 8.41. The van der Waals surface area contributed by atoms with Gasteiger partial charge in [-0.15, -0.1) is 0 Å². The van der Waals surface area contributed by atoms with Gasteiger partial charge in [-0.3, -0.25) is 0 Å². The number of alkyl halides is 2. The van der Waals surface area contributed by atoms with Crippen molar-refractivity contribution in [1.82, 2.24) is 0 Å². The zero-order valence-electron chi connectivity index (χ0n) is 9.71. The van der Waals surface area contributed by atoms with Crippen LogP contribution in [-0.4, -0.2) is 10.7 Å². The number of halogens is 2. The number of rotatable bonds is 4. The van der Waals surface area contributed by atoms with Crippen molar-refractivity contribution in [3.8, 4) is 47.4 Å². The summed E-state index contributed by atoms with van der Waals surface area (Å²) in [5.74, 6) is 22.9. The third-order valence-electron chi connectivity index (χ3n) is 1.72. The summed E-state index contributed by atoms with van der Waals surface area (Å²) in [5.41, 5.74) is 0. The molecule has 0 radical (unpaired) electrons. The van der Waals surface area contributed by atoms with Gasteiger partial charge in [0.2, 0.25) is 0 Å². The zero-order valence-corrected chi connectivity index (χ0v) is 12.9. The topological polar surface area (TPSA) is 0 Å². The Kier molecular flexibility index (Phi) is 14.5. The lowest BCUT2D eigenvalue weighted by molar-refractivity contribution is 0.709. The molecule has 0 atom stereocenters. The first-order valence-electron chi connectivity index (χ1n) is 5.45. The fourth-order valence-corrected chi connectivity index (χ4v) is 1.25. The van der Waals surface area contributed by atoms with Crippen LogP contribution in [0.5, 0.6) is 0 Å².